The van der Waals surface area contributed by atoms with Crippen LogP contribution in [0, 0.1) is 9.39 Å². The molecule has 0 radical (unpaired) electrons. The molecule has 0 amide bonds. The highest BCUT2D eigenvalue weighted by atomic mass is 127. The Morgan fingerprint density at radius 3 is 2.18 bits per heavy atom. The van der Waals surface area contributed by atoms with Crippen molar-refractivity contribution < 1.29 is 9.18 Å². The predicted molar refractivity (Wildman–Crippen MR) is 73.6 cm³/mol. The second kappa shape index (κ2) is 5.40. The molecule has 0 unspecified atom stereocenters. The van der Waals surface area contributed by atoms with Crippen LogP contribution in [-0.2, 0) is 6.42 Å². The summed E-state index contributed by atoms with van der Waals surface area (Å²) in [7, 11) is 0. The molecular formula is C14H10FIO. The van der Waals surface area contributed by atoms with Crippen LogP contribution >= 0.6 is 22.6 Å². The summed E-state index contributed by atoms with van der Waals surface area (Å²) >= 11 is 2.19. The summed E-state index contributed by atoms with van der Waals surface area (Å²) in [6.07, 6.45) is 0.306. The lowest BCUT2D eigenvalue weighted by atomic mass is 10.0. The van der Waals surface area contributed by atoms with Gasteiger partial charge in [0.1, 0.15) is 5.82 Å². The smallest absolute Gasteiger partial charge is 0.167 e. The molecular weight excluding hydrogens is 330 g/mol. The van der Waals surface area contributed by atoms with E-state index in [1.54, 1.807) is 12.1 Å². The van der Waals surface area contributed by atoms with Gasteiger partial charge in [-0.15, -0.1) is 0 Å². The molecule has 0 aromatic heterocycles. The Bertz CT molecular complexity index is 517. The van der Waals surface area contributed by atoms with E-state index in [-0.39, 0.29) is 11.6 Å². The van der Waals surface area contributed by atoms with Gasteiger partial charge in [0, 0.05) is 15.6 Å². The molecule has 3 heteroatoms. The van der Waals surface area contributed by atoms with Gasteiger partial charge in [-0.25, -0.2) is 4.39 Å². The normalized spacial score (nSPS) is 10.2. The van der Waals surface area contributed by atoms with Crippen molar-refractivity contribution in [1.29, 1.82) is 0 Å². The third kappa shape index (κ3) is 3.36. The van der Waals surface area contributed by atoms with Gasteiger partial charge >= 0.3 is 0 Å². The topological polar surface area (TPSA) is 17.1 Å². The molecule has 0 aliphatic rings. The summed E-state index contributed by atoms with van der Waals surface area (Å²) in [6.45, 7) is 0. The molecule has 2 rings (SSSR count). The second-order valence-corrected chi connectivity index (χ2v) is 4.98. The van der Waals surface area contributed by atoms with Crippen LogP contribution in [0.2, 0.25) is 0 Å². The maximum atomic E-state index is 12.7. The third-order valence-electron chi connectivity index (χ3n) is 2.44. The van der Waals surface area contributed by atoms with Gasteiger partial charge in [-0.1, -0.05) is 24.3 Å². The standard InChI is InChI=1S/C14H10FIO/c15-12-5-1-10(2-6-12)9-14(17)11-3-7-13(16)8-4-11/h1-8H,9H2. The maximum absolute atomic E-state index is 12.7. The first kappa shape index (κ1) is 12.2. The molecule has 2 aromatic carbocycles. The fraction of sp³-hybridized carbons (Fsp3) is 0.0714. The van der Waals surface area contributed by atoms with Crippen molar-refractivity contribution in [1.82, 2.24) is 0 Å². The summed E-state index contributed by atoms with van der Waals surface area (Å²) in [6, 6.07) is 13.4. The van der Waals surface area contributed by atoms with E-state index >= 15 is 0 Å². The van der Waals surface area contributed by atoms with Crippen LogP contribution in [0.3, 0.4) is 0 Å². The van der Waals surface area contributed by atoms with Crippen LogP contribution in [0.5, 0.6) is 0 Å². The summed E-state index contributed by atoms with van der Waals surface area (Å²) in [5.41, 5.74) is 1.52. The zero-order chi connectivity index (χ0) is 12.3. The first-order valence-corrected chi connectivity index (χ1v) is 6.26. The van der Waals surface area contributed by atoms with E-state index in [0.717, 1.165) is 9.13 Å². The third-order valence-corrected chi connectivity index (χ3v) is 3.16. The lowest BCUT2D eigenvalue weighted by molar-refractivity contribution is 0.0993. The van der Waals surface area contributed by atoms with Crippen LogP contribution in [0.1, 0.15) is 15.9 Å². The van der Waals surface area contributed by atoms with E-state index in [0.29, 0.717) is 12.0 Å². The van der Waals surface area contributed by atoms with E-state index < -0.39 is 0 Å². The van der Waals surface area contributed by atoms with Crippen LogP contribution in [0.15, 0.2) is 48.5 Å². The number of carbonyl (C=O) groups is 1. The molecule has 1 nitrogen and oxygen atoms in total. The number of rotatable bonds is 3. The fourth-order valence-electron chi connectivity index (χ4n) is 1.53. The van der Waals surface area contributed by atoms with Crippen LogP contribution < -0.4 is 0 Å². The Morgan fingerprint density at radius 1 is 1.00 bits per heavy atom. The van der Waals surface area contributed by atoms with Gasteiger partial charge in [0.05, 0.1) is 0 Å². The summed E-state index contributed by atoms with van der Waals surface area (Å²) in [5, 5.41) is 0. The lowest BCUT2D eigenvalue weighted by Crippen LogP contribution is -2.03. The molecule has 17 heavy (non-hydrogen) atoms. The summed E-state index contributed by atoms with van der Waals surface area (Å²) in [4.78, 5) is 11.9. The van der Waals surface area contributed by atoms with Crippen LogP contribution in [-0.4, -0.2) is 5.78 Å². The second-order valence-electron chi connectivity index (χ2n) is 3.73. The number of hydrogen-bond acceptors (Lipinski definition) is 1. The van der Waals surface area contributed by atoms with E-state index in [2.05, 4.69) is 22.6 Å². The molecule has 0 fully saturated rings. The molecule has 2 aromatic rings. The van der Waals surface area contributed by atoms with E-state index in [1.165, 1.54) is 12.1 Å². The first-order valence-electron chi connectivity index (χ1n) is 5.18. The van der Waals surface area contributed by atoms with Crippen LogP contribution in [0.25, 0.3) is 0 Å². The molecule has 0 heterocycles. The Labute approximate surface area is 113 Å². The van der Waals surface area contributed by atoms with E-state index in [4.69, 9.17) is 0 Å². The molecule has 0 aliphatic heterocycles. The van der Waals surface area contributed by atoms with Gasteiger partial charge in [-0.3, -0.25) is 4.79 Å². The largest absolute Gasteiger partial charge is 0.294 e. The lowest BCUT2D eigenvalue weighted by Gasteiger charge is -2.01. The van der Waals surface area contributed by atoms with Crippen molar-refractivity contribution >= 4 is 28.4 Å². The minimum Gasteiger partial charge on any atom is -0.294 e. The average Bonchev–Trinajstić information content (AvgIpc) is 2.33. The molecule has 0 spiro atoms. The van der Waals surface area contributed by atoms with Crippen molar-refractivity contribution in [3.63, 3.8) is 0 Å². The maximum Gasteiger partial charge on any atom is 0.167 e. The van der Waals surface area contributed by atoms with Crippen molar-refractivity contribution in [2.24, 2.45) is 0 Å². The highest BCUT2D eigenvalue weighted by molar-refractivity contribution is 14.1. The minimum absolute atomic E-state index is 0.0491. The SMILES string of the molecule is O=C(Cc1ccc(F)cc1)c1ccc(I)cc1. The molecule has 0 aliphatic carbocycles. The Balaban J connectivity index is 2.11. The molecule has 86 valence electrons. The minimum atomic E-state index is -0.282. The molecule has 0 saturated heterocycles. The van der Waals surface area contributed by atoms with Gasteiger partial charge < -0.3 is 0 Å². The zero-order valence-corrected chi connectivity index (χ0v) is 11.1. The molecule has 0 atom stereocenters. The predicted octanol–water partition coefficient (Wildman–Crippen LogP) is 3.86. The fourth-order valence-corrected chi connectivity index (χ4v) is 1.89. The highest BCUT2D eigenvalue weighted by Gasteiger charge is 2.06. The van der Waals surface area contributed by atoms with Gasteiger partial charge in [0.25, 0.3) is 0 Å². The molecule has 0 N–H and O–H groups in total. The number of carbonyl (C=O) groups excluding carboxylic acids is 1. The van der Waals surface area contributed by atoms with Gasteiger partial charge in [0.15, 0.2) is 5.78 Å². The first-order chi connectivity index (χ1) is 8.15. The van der Waals surface area contributed by atoms with Gasteiger partial charge in [-0.05, 0) is 52.4 Å². The highest BCUT2D eigenvalue weighted by Crippen LogP contribution is 2.11. The zero-order valence-electron chi connectivity index (χ0n) is 8.99. The number of hydrogen-bond donors (Lipinski definition) is 0. The van der Waals surface area contributed by atoms with Crippen molar-refractivity contribution in [2.75, 3.05) is 0 Å². The molecule has 0 saturated carbocycles. The number of benzene rings is 2. The van der Waals surface area contributed by atoms with Crippen molar-refractivity contribution in [3.05, 3.63) is 69.0 Å². The Kier molecular flexibility index (Phi) is 3.89. The van der Waals surface area contributed by atoms with Crippen molar-refractivity contribution in [2.45, 2.75) is 6.42 Å². The monoisotopic (exact) mass is 340 g/mol. The quantitative estimate of drug-likeness (QED) is 0.613. The number of halogens is 2. The van der Waals surface area contributed by atoms with Crippen molar-refractivity contribution in [3.8, 4) is 0 Å². The average molecular weight is 340 g/mol. The van der Waals surface area contributed by atoms with E-state index in [9.17, 15) is 9.18 Å². The number of ketones is 1. The Hall–Kier alpha value is -1.23. The van der Waals surface area contributed by atoms with Crippen LogP contribution in [0.4, 0.5) is 4.39 Å². The summed E-state index contributed by atoms with van der Waals surface area (Å²) in [5.74, 6) is -0.233. The molecule has 0 bridgehead atoms. The Morgan fingerprint density at radius 2 is 1.59 bits per heavy atom. The van der Waals surface area contributed by atoms with Gasteiger partial charge in [0.2, 0.25) is 0 Å². The summed E-state index contributed by atoms with van der Waals surface area (Å²) < 4.78 is 13.8. The van der Waals surface area contributed by atoms with Gasteiger partial charge in [-0.2, -0.15) is 0 Å². The number of Topliss-reactive ketones (excluding diaryl/α,β-unsaturated/α-hetero) is 1. The van der Waals surface area contributed by atoms with E-state index in [1.807, 2.05) is 24.3 Å².